The molecule has 0 unspecified atom stereocenters. The number of aryl methyl sites for hydroxylation is 1. The number of nitrogens with zero attached hydrogens (tertiary/aromatic N) is 3. The number of aromatic nitrogens is 2. The summed E-state index contributed by atoms with van der Waals surface area (Å²) in [5.41, 5.74) is 3.29. The van der Waals surface area contributed by atoms with Crippen LogP contribution in [0.25, 0.3) is 10.9 Å². The van der Waals surface area contributed by atoms with Crippen molar-refractivity contribution in [3.05, 3.63) is 30.2 Å². The van der Waals surface area contributed by atoms with E-state index in [1.165, 1.54) is 23.9 Å². The Kier molecular flexibility index (Phi) is 2.24. The molecule has 0 N–H and O–H groups in total. The third-order valence-electron chi connectivity index (χ3n) is 3.25. The van der Waals surface area contributed by atoms with E-state index < -0.39 is 0 Å². The van der Waals surface area contributed by atoms with Crippen molar-refractivity contribution >= 4 is 16.6 Å². The SMILES string of the molecule is Cc1ncc(N2CCCC2)c2cccnc12. The van der Waals surface area contributed by atoms with Crippen LogP contribution in [0.3, 0.4) is 0 Å². The van der Waals surface area contributed by atoms with Gasteiger partial charge in [-0.25, -0.2) is 0 Å². The van der Waals surface area contributed by atoms with E-state index in [-0.39, 0.29) is 0 Å². The van der Waals surface area contributed by atoms with Crippen LogP contribution in [0.4, 0.5) is 5.69 Å². The number of fused-ring (bicyclic) bond motifs is 1. The molecule has 0 amide bonds. The summed E-state index contributed by atoms with van der Waals surface area (Å²) in [6.45, 7) is 4.31. The van der Waals surface area contributed by atoms with Crippen LogP contribution in [0, 0.1) is 6.92 Å². The smallest absolute Gasteiger partial charge is 0.0935 e. The van der Waals surface area contributed by atoms with E-state index in [1.54, 1.807) is 0 Å². The Labute approximate surface area is 95.1 Å². The van der Waals surface area contributed by atoms with Gasteiger partial charge in [0.2, 0.25) is 0 Å². The van der Waals surface area contributed by atoms with Gasteiger partial charge in [-0.05, 0) is 31.9 Å². The zero-order valence-corrected chi connectivity index (χ0v) is 9.48. The molecule has 3 heteroatoms. The van der Waals surface area contributed by atoms with Crippen LogP contribution in [0.5, 0.6) is 0 Å². The number of hydrogen-bond donors (Lipinski definition) is 0. The fourth-order valence-electron chi connectivity index (χ4n) is 2.40. The van der Waals surface area contributed by atoms with Crippen LogP contribution < -0.4 is 4.90 Å². The number of hydrogen-bond acceptors (Lipinski definition) is 3. The third kappa shape index (κ3) is 1.43. The molecule has 0 bridgehead atoms. The fraction of sp³-hybridized carbons (Fsp3) is 0.385. The molecule has 1 aliphatic heterocycles. The van der Waals surface area contributed by atoms with Gasteiger partial charge in [-0.3, -0.25) is 9.97 Å². The molecule has 3 nitrogen and oxygen atoms in total. The van der Waals surface area contributed by atoms with E-state index in [4.69, 9.17) is 0 Å². The summed E-state index contributed by atoms with van der Waals surface area (Å²) in [5, 5.41) is 1.23. The molecule has 1 saturated heterocycles. The Bertz CT molecular complexity index is 516. The average molecular weight is 213 g/mol. The van der Waals surface area contributed by atoms with E-state index in [9.17, 15) is 0 Å². The van der Waals surface area contributed by atoms with Gasteiger partial charge in [0.15, 0.2) is 0 Å². The standard InChI is InChI=1S/C13H15N3/c1-10-13-11(5-4-6-14-13)12(9-15-10)16-7-2-3-8-16/h4-6,9H,2-3,7-8H2,1H3. The molecule has 0 atom stereocenters. The van der Waals surface area contributed by atoms with Crippen molar-refractivity contribution in [2.24, 2.45) is 0 Å². The minimum absolute atomic E-state index is 1.01. The second-order valence-corrected chi connectivity index (χ2v) is 4.32. The van der Waals surface area contributed by atoms with Gasteiger partial charge < -0.3 is 4.90 Å². The first-order chi connectivity index (χ1) is 7.86. The van der Waals surface area contributed by atoms with Crippen molar-refractivity contribution in [1.29, 1.82) is 0 Å². The number of rotatable bonds is 1. The molecule has 0 radical (unpaired) electrons. The molecular formula is C13H15N3. The van der Waals surface area contributed by atoms with Crippen molar-refractivity contribution in [1.82, 2.24) is 9.97 Å². The van der Waals surface area contributed by atoms with Crippen LogP contribution in [0.1, 0.15) is 18.5 Å². The lowest BCUT2D eigenvalue weighted by atomic mass is 10.2. The van der Waals surface area contributed by atoms with E-state index >= 15 is 0 Å². The Morgan fingerprint density at radius 1 is 1.19 bits per heavy atom. The van der Waals surface area contributed by atoms with Crippen LogP contribution in [0.15, 0.2) is 24.5 Å². The normalized spacial score (nSPS) is 15.9. The summed E-state index contributed by atoms with van der Waals surface area (Å²) < 4.78 is 0. The summed E-state index contributed by atoms with van der Waals surface area (Å²) in [7, 11) is 0. The molecule has 0 spiro atoms. The van der Waals surface area contributed by atoms with Crippen molar-refractivity contribution in [2.45, 2.75) is 19.8 Å². The minimum atomic E-state index is 1.01. The Hall–Kier alpha value is -1.64. The van der Waals surface area contributed by atoms with E-state index in [0.29, 0.717) is 0 Å². The second-order valence-electron chi connectivity index (χ2n) is 4.32. The van der Waals surface area contributed by atoms with Gasteiger partial charge in [-0.2, -0.15) is 0 Å². The Balaban J connectivity index is 2.21. The first kappa shape index (κ1) is 9.58. The highest BCUT2D eigenvalue weighted by molar-refractivity contribution is 5.92. The topological polar surface area (TPSA) is 29.0 Å². The molecule has 1 fully saturated rings. The summed E-state index contributed by atoms with van der Waals surface area (Å²) in [6, 6.07) is 4.14. The largest absolute Gasteiger partial charge is 0.370 e. The van der Waals surface area contributed by atoms with E-state index in [0.717, 1.165) is 24.3 Å². The molecule has 2 aromatic heterocycles. The summed E-state index contributed by atoms with van der Waals surface area (Å²) >= 11 is 0. The minimum Gasteiger partial charge on any atom is -0.370 e. The van der Waals surface area contributed by atoms with Gasteiger partial charge in [0, 0.05) is 24.7 Å². The highest BCUT2D eigenvalue weighted by Gasteiger charge is 2.16. The maximum absolute atomic E-state index is 4.45. The molecule has 0 saturated carbocycles. The summed E-state index contributed by atoms with van der Waals surface area (Å²) in [4.78, 5) is 11.3. The molecule has 82 valence electrons. The van der Waals surface area contributed by atoms with Crippen LogP contribution in [-0.2, 0) is 0 Å². The van der Waals surface area contributed by atoms with Crippen LogP contribution >= 0.6 is 0 Å². The maximum atomic E-state index is 4.45. The molecular weight excluding hydrogens is 198 g/mol. The van der Waals surface area contributed by atoms with Crippen molar-refractivity contribution < 1.29 is 0 Å². The van der Waals surface area contributed by atoms with E-state index in [2.05, 4.69) is 20.9 Å². The summed E-state index contributed by atoms with van der Waals surface area (Å²) in [5.74, 6) is 0. The molecule has 16 heavy (non-hydrogen) atoms. The molecule has 0 aromatic carbocycles. The second kappa shape index (κ2) is 3.74. The molecule has 3 heterocycles. The first-order valence-electron chi connectivity index (χ1n) is 5.81. The van der Waals surface area contributed by atoms with Crippen molar-refractivity contribution in [2.75, 3.05) is 18.0 Å². The first-order valence-corrected chi connectivity index (χ1v) is 5.81. The molecule has 0 aliphatic carbocycles. The van der Waals surface area contributed by atoms with Crippen molar-refractivity contribution in [3.8, 4) is 0 Å². The van der Waals surface area contributed by atoms with Gasteiger partial charge in [0.25, 0.3) is 0 Å². The van der Waals surface area contributed by atoms with Gasteiger partial charge >= 0.3 is 0 Å². The molecule has 2 aromatic rings. The maximum Gasteiger partial charge on any atom is 0.0935 e. The highest BCUT2D eigenvalue weighted by atomic mass is 15.1. The van der Waals surface area contributed by atoms with Crippen LogP contribution in [0.2, 0.25) is 0 Å². The number of anilines is 1. The zero-order valence-electron chi connectivity index (χ0n) is 9.48. The Morgan fingerprint density at radius 2 is 2.00 bits per heavy atom. The van der Waals surface area contributed by atoms with Gasteiger partial charge in [0.1, 0.15) is 0 Å². The van der Waals surface area contributed by atoms with Crippen molar-refractivity contribution in [3.63, 3.8) is 0 Å². The number of pyridine rings is 2. The third-order valence-corrected chi connectivity index (χ3v) is 3.25. The average Bonchev–Trinajstić information content (AvgIpc) is 2.83. The van der Waals surface area contributed by atoms with Gasteiger partial charge in [-0.1, -0.05) is 0 Å². The predicted octanol–water partition coefficient (Wildman–Crippen LogP) is 2.54. The van der Waals surface area contributed by atoms with Crippen LogP contribution in [-0.4, -0.2) is 23.1 Å². The van der Waals surface area contributed by atoms with Gasteiger partial charge in [0.05, 0.1) is 23.1 Å². The lowest BCUT2D eigenvalue weighted by Crippen LogP contribution is -2.18. The lowest BCUT2D eigenvalue weighted by molar-refractivity contribution is 0.949. The monoisotopic (exact) mass is 213 g/mol. The van der Waals surface area contributed by atoms with E-state index in [1.807, 2.05) is 25.4 Å². The molecule has 1 aliphatic rings. The zero-order chi connectivity index (χ0) is 11.0. The lowest BCUT2D eigenvalue weighted by Gasteiger charge is -2.19. The summed E-state index contributed by atoms with van der Waals surface area (Å²) in [6.07, 6.45) is 6.40. The Morgan fingerprint density at radius 3 is 2.81 bits per heavy atom. The highest BCUT2D eigenvalue weighted by Crippen LogP contribution is 2.28. The fourth-order valence-corrected chi connectivity index (χ4v) is 2.40. The molecule has 3 rings (SSSR count). The predicted molar refractivity (Wildman–Crippen MR) is 65.7 cm³/mol. The quantitative estimate of drug-likeness (QED) is 0.729. The van der Waals surface area contributed by atoms with Gasteiger partial charge in [-0.15, -0.1) is 0 Å².